The van der Waals surface area contributed by atoms with Gasteiger partial charge in [0, 0.05) is 36.6 Å². The van der Waals surface area contributed by atoms with E-state index in [2.05, 4.69) is 21.8 Å². The molecular weight excluding hydrogens is 240 g/mol. The number of aromatic nitrogens is 2. The Balaban J connectivity index is 2.11. The molecule has 0 saturated carbocycles. The molecule has 1 aliphatic heterocycles. The lowest BCUT2D eigenvalue weighted by molar-refractivity contribution is -0.0343. The van der Waals surface area contributed by atoms with Crippen LogP contribution in [0.3, 0.4) is 0 Å². The highest BCUT2D eigenvalue weighted by atomic mass is 16.5. The minimum Gasteiger partial charge on any atom is -0.368 e. The molecule has 0 spiro atoms. The van der Waals surface area contributed by atoms with Crippen LogP contribution in [0, 0.1) is 6.92 Å². The first-order valence-corrected chi connectivity index (χ1v) is 7.04. The number of hydrogen-bond acceptors (Lipinski definition) is 5. The number of aryl methyl sites for hydroxylation is 1. The maximum Gasteiger partial charge on any atom is 0.158 e. The van der Waals surface area contributed by atoms with E-state index in [1.165, 1.54) is 0 Å². The lowest BCUT2D eigenvalue weighted by Crippen LogP contribution is -2.39. The zero-order valence-corrected chi connectivity index (χ0v) is 12.1. The molecular formula is C14H24N4O. The van der Waals surface area contributed by atoms with Crippen LogP contribution in [-0.2, 0) is 4.74 Å². The predicted octanol–water partition coefficient (Wildman–Crippen LogP) is 1.59. The highest BCUT2D eigenvalue weighted by Gasteiger charge is 2.24. The molecule has 1 aromatic heterocycles. The molecule has 2 heterocycles. The van der Waals surface area contributed by atoms with Crippen molar-refractivity contribution >= 4 is 0 Å². The van der Waals surface area contributed by atoms with Crippen LogP contribution in [0.2, 0.25) is 0 Å². The summed E-state index contributed by atoms with van der Waals surface area (Å²) in [4.78, 5) is 11.4. The van der Waals surface area contributed by atoms with Gasteiger partial charge < -0.3 is 10.5 Å². The molecule has 2 rings (SSSR count). The van der Waals surface area contributed by atoms with Crippen LogP contribution in [-0.4, -0.2) is 41.1 Å². The molecule has 0 amide bonds. The third kappa shape index (κ3) is 3.49. The van der Waals surface area contributed by atoms with Gasteiger partial charge in [0.1, 0.15) is 6.10 Å². The minimum atomic E-state index is -0.0297. The normalized spacial score (nSPS) is 22.4. The molecule has 1 aliphatic rings. The predicted molar refractivity (Wildman–Crippen MR) is 74.8 cm³/mol. The van der Waals surface area contributed by atoms with E-state index < -0.39 is 0 Å². The Hall–Kier alpha value is -1.04. The number of hydrogen-bond donors (Lipinski definition) is 1. The van der Waals surface area contributed by atoms with Gasteiger partial charge in [0.2, 0.25) is 0 Å². The summed E-state index contributed by atoms with van der Waals surface area (Å²) >= 11 is 0. The second kappa shape index (κ2) is 6.41. The van der Waals surface area contributed by atoms with Gasteiger partial charge in [-0.15, -0.1) is 0 Å². The van der Waals surface area contributed by atoms with E-state index in [4.69, 9.17) is 10.5 Å². The number of ether oxygens (including phenoxy) is 1. The molecule has 0 aromatic carbocycles. The van der Waals surface area contributed by atoms with Gasteiger partial charge >= 0.3 is 0 Å². The first-order valence-electron chi connectivity index (χ1n) is 7.04. The molecule has 1 saturated heterocycles. The summed E-state index contributed by atoms with van der Waals surface area (Å²) in [5, 5.41) is 0. The van der Waals surface area contributed by atoms with Gasteiger partial charge in [-0.2, -0.15) is 0 Å². The number of rotatable bonds is 4. The molecule has 0 aliphatic carbocycles. The monoisotopic (exact) mass is 264 g/mol. The van der Waals surface area contributed by atoms with Crippen LogP contribution in [0.25, 0.3) is 0 Å². The fourth-order valence-corrected chi connectivity index (χ4v) is 2.47. The van der Waals surface area contributed by atoms with Gasteiger partial charge in [-0.3, -0.25) is 4.90 Å². The van der Waals surface area contributed by atoms with E-state index in [-0.39, 0.29) is 12.1 Å². The summed E-state index contributed by atoms with van der Waals surface area (Å²) in [7, 11) is 0. The zero-order valence-electron chi connectivity index (χ0n) is 12.1. The van der Waals surface area contributed by atoms with Gasteiger partial charge in [0.25, 0.3) is 0 Å². The Labute approximate surface area is 115 Å². The number of morpholine rings is 1. The molecule has 1 aromatic rings. The summed E-state index contributed by atoms with van der Waals surface area (Å²) in [5.74, 6) is 0.780. The minimum absolute atomic E-state index is 0.0128. The van der Waals surface area contributed by atoms with Gasteiger partial charge in [-0.25, -0.2) is 9.97 Å². The lowest BCUT2D eigenvalue weighted by atomic mass is 10.1. The van der Waals surface area contributed by atoms with Crippen molar-refractivity contribution in [3.8, 4) is 0 Å². The summed E-state index contributed by atoms with van der Waals surface area (Å²) in [5.41, 5.74) is 7.84. The molecule has 2 N–H and O–H groups in total. The number of nitrogens with zero attached hydrogens (tertiary/aromatic N) is 3. The third-order valence-electron chi connectivity index (χ3n) is 3.50. The second-order valence-electron chi connectivity index (χ2n) is 5.22. The molecule has 5 heteroatoms. The van der Waals surface area contributed by atoms with Gasteiger partial charge in [-0.1, -0.05) is 6.92 Å². The zero-order chi connectivity index (χ0) is 13.8. The maximum atomic E-state index is 5.89. The first kappa shape index (κ1) is 14.4. The quantitative estimate of drug-likeness (QED) is 0.894. The standard InChI is InChI=1S/C14H24N4O/c1-4-5-18-6-7-19-13(9-18)14-16-8-12(10(2)15)11(3)17-14/h8,10,13H,4-7,9,15H2,1-3H3/t10-,13?/m0/s1. The molecule has 1 fully saturated rings. The summed E-state index contributed by atoms with van der Waals surface area (Å²) in [6.45, 7) is 9.87. The van der Waals surface area contributed by atoms with Crippen LogP contribution < -0.4 is 5.73 Å². The molecule has 0 bridgehead atoms. The smallest absolute Gasteiger partial charge is 0.158 e. The van der Waals surface area contributed by atoms with E-state index in [9.17, 15) is 0 Å². The van der Waals surface area contributed by atoms with Crippen molar-refractivity contribution in [1.29, 1.82) is 0 Å². The molecule has 2 atom stereocenters. The van der Waals surface area contributed by atoms with E-state index in [1.54, 1.807) is 0 Å². The average Bonchev–Trinajstić information content (AvgIpc) is 2.39. The van der Waals surface area contributed by atoms with E-state index in [1.807, 2.05) is 20.0 Å². The molecule has 0 radical (unpaired) electrons. The van der Waals surface area contributed by atoms with E-state index in [0.29, 0.717) is 0 Å². The lowest BCUT2D eigenvalue weighted by Gasteiger charge is -2.32. The van der Waals surface area contributed by atoms with Crippen molar-refractivity contribution in [3.63, 3.8) is 0 Å². The highest BCUT2D eigenvalue weighted by molar-refractivity contribution is 5.20. The van der Waals surface area contributed by atoms with Crippen molar-refractivity contribution in [2.24, 2.45) is 5.73 Å². The Kier molecular flexibility index (Phi) is 4.85. The Morgan fingerprint density at radius 3 is 3.00 bits per heavy atom. The largest absolute Gasteiger partial charge is 0.368 e. The van der Waals surface area contributed by atoms with Crippen molar-refractivity contribution in [1.82, 2.24) is 14.9 Å². The fourth-order valence-electron chi connectivity index (χ4n) is 2.47. The summed E-state index contributed by atoms with van der Waals surface area (Å²) < 4.78 is 5.80. The Morgan fingerprint density at radius 1 is 1.58 bits per heavy atom. The fraction of sp³-hybridized carbons (Fsp3) is 0.714. The van der Waals surface area contributed by atoms with Gasteiger partial charge in [-0.05, 0) is 26.8 Å². The SMILES string of the molecule is CCCN1CCOC(c2ncc([C@H](C)N)c(C)n2)C1. The Morgan fingerprint density at radius 2 is 2.37 bits per heavy atom. The number of nitrogens with two attached hydrogens (primary N) is 1. The van der Waals surface area contributed by atoms with Crippen molar-refractivity contribution in [2.75, 3.05) is 26.2 Å². The third-order valence-corrected chi connectivity index (χ3v) is 3.50. The highest BCUT2D eigenvalue weighted by Crippen LogP contribution is 2.21. The first-order chi connectivity index (χ1) is 9.11. The summed E-state index contributed by atoms with van der Waals surface area (Å²) in [6, 6.07) is -0.0297. The topological polar surface area (TPSA) is 64.3 Å². The van der Waals surface area contributed by atoms with Crippen LogP contribution in [0.15, 0.2) is 6.20 Å². The van der Waals surface area contributed by atoms with E-state index >= 15 is 0 Å². The molecule has 106 valence electrons. The van der Waals surface area contributed by atoms with Crippen LogP contribution in [0.5, 0.6) is 0 Å². The molecule has 19 heavy (non-hydrogen) atoms. The van der Waals surface area contributed by atoms with Crippen molar-refractivity contribution < 1.29 is 4.74 Å². The average molecular weight is 264 g/mol. The Bertz CT molecular complexity index is 420. The molecule has 1 unspecified atom stereocenters. The second-order valence-corrected chi connectivity index (χ2v) is 5.22. The van der Waals surface area contributed by atoms with E-state index in [0.717, 1.165) is 49.7 Å². The van der Waals surface area contributed by atoms with Crippen molar-refractivity contribution in [2.45, 2.75) is 39.3 Å². The van der Waals surface area contributed by atoms with Gasteiger partial charge in [0.15, 0.2) is 5.82 Å². The van der Waals surface area contributed by atoms with Crippen molar-refractivity contribution in [3.05, 3.63) is 23.3 Å². The maximum absolute atomic E-state index is 5.89. The van der Waals surface area contributed by atoms with Gasteiger partial charge in [0.05, 0.1) is 6.61 Å². The van der Waals surface area contributed by atoms with Crippen LogP contribution in [0.4, 0.5) is 0 Å². The molecule has 5 nitrogen and oxygen atoms in total. The van der Waals surface area contributed by atoms with Crippen LogP contribution in [0.1, 0.15) is 49.5 Å². The summed E-state index contributed by atoms with van der Waals surface area (Å²) in [6.07, 6.45) is 2.99. The van der Waals surface area contributed by atoms with Crippen LogP contribution >= 0.6 is 0 Å².